The summed E-state index contributed by atoms with van der Waals surface area (Å²) in [6.45, 7) is 5.43. The van der Waals surface area contributed by atoms with Crippen LogP contribution in [0.1, 0.15) is 57.6 Å². The lowest BCUT2D eigenvalue weighted by Crippen LogP contribution is -2.32. The lowest BCUT2D eigenvalue weighted by Gasteiger charge is -2.34. The summed E-state index contributed by atoms with van der Waals surface area (Å²) in [5.41, 5.74) is 0.834. The Morgan fingerprint density at radius 2 is 2.00 bits per heavy atom. The van der Waals surface area contributed by atoms with Crippen molar-refractivity contribution >= 4 is 15.9 Å². The third-order valence-corrected chi connectivity index (χ3v) is 4.94. The van der Waals surface area contributed by atoms with Crippen LogP contribution in [-0.4, -0.2) is 6.54 Å². The molecule has 0 aromatic heterocycles. The summed E-state index contributed by atoms with van der Waals surface area (Å²) in [5, 5.41) is 3.58. The number of hydrogen-bond acceptors (Lipinski definition) is 1. The van der Waals surface area contributed by atoms with E-state index in [1.54, 1.807) is 6.07 Å². The van der Waals surface area contributed by atoms with Crippen molar-refractivity contribution in [3.63, 3.8) is 0 Å². The number of halogens is 2. The van der Waals surface area contributed by atoms with E-state index in [2.05, 4.69) is 35.1 Å². The zero-order valence-corrected chi connectivity index (χ0v) is 14.0. The highest BCUT2D eigenvalue weighted by Crippen LogP contribution is 2.37. The van der Waals surface area contributed by atoms with Gasteiger partial charge in [-0.25, -0.2) is 4.39 Å². The van der Waals surface area contributed by atoms with Crippen LogP contribution in [0, 0.1) is 17.7 Å². The Kier molecular flexibility index (Phi) is 6.03. The van der Waals surface area contributed by atoms with E-state index in [9.17, 15) is 4.39 Å². The Labute approximate surface area is 130 Å². The van der Waals surface area contributed by atoms with Gasteiger partial charge in [0.05, 0.1) is 0 Å². The van der Waals surface area contributed by atoms with Crippen LogP contribution >= 0.6 is 15.9 Å². The van der Waals surface area contributed by atoms with Crippen LogP contribution in [0.15, 0.2) is 22.7 Å². The maximum atomic E-state index is 14.3. The predicted octanol–water partition coefficient (Wildman–Crippen LogP) is 5.46. The van der Waals surface area contributed by atoms with Crippen molar-refractivity contribution in [3.8, 4) is 0 Å². The van der Waals surface area contributed by atoms with Crippen molar-refractivity contribution in [1.82, 2.24) is 5.32 Å². The van der Waals surface area contributed by atoms with Gasteiger partial charge in [-0.2, -0.15) is 0 Å². The Morgan fingerprint density at radius 1 is 1.30 bits per heavy atom. The van der Waals surface area contributed by atoms with Gasteiger partial charge in [0.25, 0.3) is 0 Å². The van der Waals surface area contributed by atoms with Crippen molar-refractivity contribution in [2.45, 2.75) is 52.0 Å². The van der Waals surface area contributed by atoms with E-state index in [1.807, 2.05) is 12.1 Å². The van der Waals surface area contributed by atoms with Crippen molar-refractivity contribution in [2.75, 3.05) is 6.54 Å². The van der Waals surface area contributed by atoms with Crippen LogP contribution in [0.5, 0.6) is 0 Å². The van der Waals surface area contributed by atoms with Gasteiger partial charge in [0.15, 0.2) is 0 Å². The summed E-state index contributed by atoms with van der Waals surface area (Å²) in [7, 11) is 0. The Hall–Kier alpha value is -0.410. The fraction of sp³-hybridized carbons (Fsp3) is 0.647. The van der Waals surface area contributed by atoms with E-state index < -0.39 is 0 Å². The van der Waals surface area contributed by atoms with Crippen LogP contribution < -0.4 is 5.32 Å². The van der Waals surface area contributed by atoms with Crippen LogP contribution in [-0.2, 0) is 0 Å². The van der Waals surface area contributed by atoms with Crippen molar-refractivity contribution in [1.29, 1.82) is 0 Å². The Balaban J connectivity index is 2.17. The minimum Gasteiger partial charge on any atom is -0.310 e. The van der Waals surface area contributed by atoms with E-state index >= 15 is 0 Å². The molecule has 0 spiro atoms. The summed E-state index contributed by atoms with van der Waals surface area (Å²) in [6, 6.07) is 5.63. The summed E-state index contributed by atoms with van der Waals surface area (Å²) >= 11 is 3.34. The molecule has 1 aliphatic carbocycles. The molecule has 3 heteroatoms. The van der Waals surface area contributed by atoms with E-state index in [-0.39, 0.29) is 11.9 Å². The number of benzene rings is 1. The zero-order chi connectivity index (χ0) is 14.5. The first-order valence-corrected chi connectivity index (χ1v) is 8.59. The minimum atomic E-state index is -0.0911. The lowest BCUT2D eigenvalue weighted by molar-refractivity contribution is 0.228. The summed E-state index contributed by atoms with van der Waals surface area (Å²) in [6.07, 6.45) is 6.04. The fourth-order valence-corrected chi connectivity index (χ4v) is 3.54. The van der Waals surface area contributed by atoms with Crippen molar-refractivity contribution in [3.05, 3.63) is 34.1 Å². The molecule has 1 atom stereocenters. The smallest absolute Gasteiger partial charge is 0.129 e. The second-order valence-corrected chi connectivity index (χ2v) is 7.03. The fourth-order valence-electron chi connectivity index (χ4n) is 3.20. The largest absolute Gasteiger partial charge is 0.310 e. The molecule has 1 nitrogen and oxygen atoms in total. The quantitative estimate of drug-likeness (QED) is 0.750. The molecule has 0 aliphatic heterocycles. The highest BCUT2D eigenvalue weighted by atomic mass is 79.9. The van der Waals surface area contributed by atoms with Gasteiger partial charge < -0.3 is 5.32 Å². The molecule has 1 aliphatic rings. The van der Waals surface area contributed by atoms with Gasteiger partial charge in [0.1, 0.15) is 5.82 Å². The predicted molar refractivity (Wildman–Crippen MR) is 86.3 cm³/mol. The SMILES string of the molecule is CCCNC(c1ccc(Br)cc1F)C1CCC(C)CC1. The number of nitrogens with one attached hydrogen (secondary N) is 1. The first kappa shape index (κ1) is 16.0. The molecule has 2 rings (SSSR count). The molecule has 1 unspecified atom stereocenters. The summed E-state index contributed by atoms with van der Waals surface area (Å²) in [4.78, 5) is 0. The van der Waals surface area contributed by atoms with Gasteiger partial charge in [-0.05, 0) is 49.8 Å². The van der Waals surface area contributed by atoms with E-state index in [0.29, 0.717) is 5.92 Å². The van der Waals surface area contributed by atoms with Crippen LogP contribution in [0.2, 0.25) is 0 Å². The molecule has 0 heterocycles. The standard InChI is InChI=1S/C17H25BrFN/c1-3-10-20-17(13-6-4-12(2)5-7-13)15-9-8-14(18)11-16(15)19/h8-9,11-13,17,20H,3-7,10H2,1-2H3. The van der Waals surface area contributed by atoms with E-state index in [4.69, 9.17) is 0 Å². The van der Waals surface area contributed by atoms with E-state index in [1.165, 1.54) is 25.7 Å². The van der Waals surface area contributed by atoms with Crippen molar-refractivity contribution in [2.24, 2.45) is 11.8 Å². The lowest BCUT2D eigenvalue weighted by atomic mass is 9.77. The third-order valence-electron chi connectivity index (χ3n) is 4.44. The molecule has 1 saturated carbocycles. The molecule has 20 heavy (non-hydrogen) atoms. The normalized spacial score (nSPS) is 24.6. The molecule has 0 saturated heterocycles. The average Bonchev–Trinajstić information content (AvgIpc) is 2.42. The molecule has 0 bridgehead atoms. The van der Waals surface area contributed by atoms with Gasteiger partial charge in [0.2, 0.25) is 0 Å². The molecule has 112 valence electrons. The molecular weight excluding hydrogens is 317 g/mol. The molecule has 1 aromatic rings. The molecule has 0 amide bonds. The second kappa shape index (κ2) is 7.56. The molecule has 1 aromatic carbocycles. The minimum absolute atomic E-state index is 0.0911. The molecule has 0 radical (unpaired) electrons. The van der Waals surface area contributed by atoms with Crippen LogP contribution in [0.3, 0.4) is 0 Å². The van der Waals surface area contributed by atoms with Crippen molar-refractivity contribution < 1.29 is 4.39 Å². The van der Waals surface area contributed by atoms with Gasteiger partial charge in [-0.15, -0.1) is 0 Å². The van der Waals surface area contributed by atoms with Gasteiger partial charge in [0, 0.05) is 16.1 Å². The first-order valence-electron chi connectivity index (χ1n) is 7.80. The second-order valence-electron chi connectivity index (χ2n) is 6.12. The molecule has 1 N–H and O–H groups in total. The van der Waals surface area contributed by atoms with Gasteiger partial charge >= 0.3 is 0 Å². The third kappa shape index (κ3) is 4.05. The van der Waals surface area contributed by atoms with Gasteiger partial charge in [-0.3, -0.25) is 0 Å². The topological polar surface area (TPSA) is 12.0 Å². The summed E-state index contributed by atoms with van der Waals surface area (Å²) in [5.74, 6) is 1.30. The Morgan fingerprint density at radius 3 is 2.60 bits per heavy atom. The monoisotopic (exact) mass is 341 g/mol. The summed E-state index contributed by atoms with van der Waals surface area (Å²) < 4.78 is 15.1. The average molecular weight is 342 g/mol. The zero-order valence-electron chi connectivity index (χ0n) is 12.5. The van der Waals surface area contributed by atoms with Crippen LogP contribution in [0.4, 0.5) is 4.39 Å². The number of hydrogen-bond donors (Lipinski definition) is 1. The Bertz CT molecular complexity index is 427. The first-order chi connectivity index (χ1) is 9.61. The maximum Gasteiger partial charge on any atom is 0.129 e. The van der Waals surface area contributed by atoms with Crippen LogP contribution in [0.25, 0.3) is 0 Å². The highest BCUT2D eigenvalue weighted by Gasteiger charge is 2.28. The number of rotatable bonds is 5. The molecule has 1 fully saturated rings. The highest BCUT2D eigenvalue weighted by molar-refractivity contribution is 9.10. The maximum absolute atomic E-state index is 14.3. The molecular formula is C17H25BrFN. The van der Waals surface area contributed by atoms with Gasteiger partial charge in [-0.1, -0.05) is 48.7 Å². The van der Waals surface area contributed by atoms with E-state index in [0.717, 1.165) is 28.9 Å².